The molecule has 104 valence electrons. The smallest absolute Gasteiger partial charge is 0.107 e. The van der Waals surface area contributed by atoms with Crippen molar-refractivity contribution in [3.8, 4) is 0 Å². The fourth-order valence-corrected chi connectivity index (χ4v) is 3.34. The van der Waals surface area contributed by atoms with E-state index in [1.54, 1.807) is 0 Å². The van der Waals surface area contributed by atoms with Crippen molar-refractivity contribution < 1.29 is 0 Å². The predicted molar refractivity (Wildman–Crippen MR) is 96.8 cm³/mol. The monoisotopic (exact) mass is 412 g/mol. The Bertz CT molecular complexity index is 656. The third-order valence-corrected chi connectivity index (χ3v) is 4.34. The summed E-state index contributed by atoms with van der Waals surface area (Å²) in [6, 6.07) is 12.0. The van der Waals surface area contributed by atoms with Gasteiger partial charge in [0.2, 0.25) is 0 Å². The van der Waals surface area contributed by atoms with E-state index in [4.69, 9.17) is 18.0 Å². The van der Waals surface area contributed by atoms with E-state index in [1.807, 2.05) is 30.3 Å². The van der Waals surface area contributed by atoms with Gasteiger partial charge in [-0.2, -0.15) is 0 Å². The SMILES string of the molecule is CCc1cc(Br)ccc1Nc1cccc(Br)c1C(N)=S. The van der Waals surface area contributed by atoms with Crippen LogP contribution in [-0.4, -0.2) is 4.99 Å². The fourth-order valence-electron chi connectivity index (χ4n) is 2.00. The summed E-state index contributed by atoms with van der Waals surface area (Å²) in [4.78, 5) is 0.370. The molecule has 0 atom stereocenters. The molecule has 2 aromatic carbocycles. The van der Waals surface area contributed by atoms with E-state index >= 15 is 0 Å². The van der Waals surface area contributed by atoms with E-state index in [2.05, 4.69) is 50.2 Å². The standard InChI is InChI=1S/C15H14Br2N2S/c1-2-9-8-10(16)6-7-12(9)19-13-5-3-4-11(17)14(13)15(18)20/h3-8,19H,2H2,1H3,(H2,18,20). The summed E-state index contributed by atoms with van der Waals surface area (Å²) in [6.07, 6.45) is 0.943. The zero-order valence-corrected chi connectivity index (χ0v) is 14.9. The summed E-state index contributed by atoms with van der Waals surface area (Å²) in [5.41, 5.74) is 9.84. The number of halogens is 2. The Kier molecular flexibility index (Phi) is 5.18. The first kappa shape index (κ1) is 15.5. The molecule has 0 saturated heterocycles. The van der Waals surface area contributed by atoms with Gasteiger partial charge in [0.1, 0.15) is 4.99 Å². The van der Waals surface area contributed by atoms with Gasteiger partial charge >= 0.3 is 0 Å². The van der Waals surface area contributed by atoms with Gasteiger partial charge in [0.25, 0.3) is 0 Å². The molecule has 0 unspecified atom stereocenters. The summed E-state index contributed by atoms with van der Waals surface area (Å²) in [7, 11) is 0. The van der Waals surface area contributed by atoms with Gasteiger partial charge in [0, 0.05) is 25.9 Å². The summed E-state index contributed by atoms with van der Waals surface area (Å²) in [5, 5.41) is 3.42. The summed E-state index contributed by atoms with van der Waals surface area (Å²) in [6.45, 7) is 2.13. The molecule has 0 spiro atoms. The lowest BCUT2D eigenvalue weighted by atomic mass is 10.1. The van der Waals surface area contributed by atoms with Gasteiger partial charge in [-0.3, -0.25) is 0 Å². The van der Waals surface area contributed by atoms with E-state index in [-0.39, 0.29) is 0 Å². The molecule has 20 heavy (non-hydrogen) atoms. The number of thiocarbonyl (C=S) groups is 1. The van der Waals surface area contributed by atoms with Crippen LogP contribution in [0.2, 0.25) is 0 Å². The third kappa shape index (κ3) is 3.40. The predicted octanol–water partition coefficient (Wildman–Crippen LogP) is 5.15. The van der Waals surface area contributed by atoms with Gasteiger partial charge in [0.05, 0.1) is 0 Å². The molecule has 0 aliphatic carbocycles. The van der Waals surface area contributed by atoms with Gasteiger partial charge in [-0.1, -0.05) is 41.1 Å². The van der Waals surface area contributed by atoms with Crippen LogP contribution < -0.4 is 11.1 Å². The minimum atomic E-state index is 0.370. The highest BCUT2D eigenvalue weighted by Crippen LogP contribution is 2.30. The quantitative estimate of drug-likeness (QED) is 0.680. The van der Waals surface area contributed by atoms with Crippen LogP contribution in [0.1, 0.15) is 18.1 Å². The molecule has 0 aliphatic rings. The minimum Gasteiger partial charge on any atom is -0.389 e. The molecule has 2 rings (SSSR count). The van der Waals surface area contributed by atoms with Gasteiger partial charge < -0.3 is 11.1 Å². The van der Waals surface area contributed by atoms with Crippen molar-refractivity contribution in [1.82, 2.24) is 0 Å². The Morgan fingerprint density at radius 2 is 1.95 bits per heavy atom. The largest absolute Gasteiger partial charge is 0.389 e. The second kappa shape index (κ2) is 6.70. The van der Waals surface area contributed by atoms with Crippen LogP contribution >= 0.6 is 44.1 Å². The number of rotatable bonds is 4. The zero-order chi connectivity index (χ0) is 14.7. The van der Waals surface area contributed by atoms with Gasteiger partial charge in [0.15, 0.2) is 0 Å². The van der Waals surface area contributed by atoms with E-state index < -0.39 is 0 Å². The molecule has 0 saturated carbocycles. The van der Waals surface area contributed by atoms with Crippen LogP contribution in [-0.2, 0) is 6.42 Å². The molecule has 0 amide bonds. The first-order valence-corrected chi connectivity index (χ1v) is 8.16. The number of hydrogen-bond donors (Lipinski definition) is 2. The molecular weight excluding hydrogens is 400 g/mol. The maximum Gasteiger partial charge on any atom is 0.107 e. The lowest BCUT2D eigenvalue weighted by Gasteiger charge is -2.15. The number of aryl methyl sites for hydroxylation is 1. The molecule has 0 aromatic heterocycles. The molecule has 0 aliphatic heterocycles. The van der Waals surface area contributed by atoms with Crippen LogP contribution in [0.5, 0.6) is 0 Å². The second-order valence-corrected chi connectivity index (χ2v) is 6.52. The Morgan fingerprint density at radius 3 is 2.60 bits per heavy atom. The summed E-state index contributed by atoms with van der Waals surface area (Å²) in [5.74, 6) is 0. The van der Waals surface area contributed by atoms with E-state index in [9.17, 15) is 0 Å². The van der Waals surface area contributed by atoms with Gasteiger partial charge in [-0.15, -0.1) is 0 Å². The van der Waals surface area contributed by atoms with Crippen LogP contribution in [0.15, 0.2) is 45.3 Å². The third-order valence-electron chi connectivity index (χ3n) is 2.98. The molecule has 0 bridgehead atoms. The average molecular weight is 414 g/mol. The minimum absolute atomic E-state index is 0.370. The molecule has 0 radical (unpaired) electrons. The van der Waals surface area contributed by atoms with Crippen molar-refractivity contribution in [3.05, 3.63) is 56.5 Å². The highest BCUT2D eigenvalue weighted by atomic mass is 79.9. The van der Waals surface area contributed by atoms with Crippen molar-refractivity contribution >= 4 is 60.4 Å². The second-order valence-electron chi connectivity index (χ2n) is 4.31. The van der Waals surface area contributed by atoms with E-state index in [1.165, 1.54) is 5.56 Å². The Balaban J connectivity index is 2.45. The lowest BCUT2D eigenvalue weighted by molar-refractivity contribution is 1.14. The van der Waals surface area contributed by atoms with Crippen LogP contribution in [0.3, 0.4) is 0 Å². The first-order chi connectivity index (χ1) is 9.52. The Morgan fingerprint density at radius 1 is 1.20 bits per heavy atom. The first-order valence-electron chi connectivity index (χ1n) is 6.16. The van der Waals surface area contributed by atoms with Gasteiger partial charge in [-0.05, 0) is 58.2 Å². The van der Waals surface area contributed by atoms with Crippen LogP contribution in [0.4, 0.5) is 11.4 Å². The molecular formula is C15H14Br2N2S. The van der Waals surface area contributed by atoms with Crippen LogP contribution in [0, 0.1) is 0 Å². The normalized spacial score (nSPS) is 10.3. The van der Waals surface area contributed by atoms with E-state index in [0.717, 1.165) is 32.3 Å². The maximum absolute atomic E-state index is 5.82. The van der Waals surface area contributed by atoms with Crippen molar-refractivity contribution in [2.75, 3.05) is 5.32 Å². The average Bonchev–Trinajstić information content (AvgIpc) is 2.40. The number of nitrogens with one attached hydrogen (secondary N) is 1. The Hall–Kier alpha value is -0.910. The molecule has 0 fully saturated rings. The number of hydrogen-bond acceptors (Lipinski definition) is 2. The summed E-state index contributed by atoms with van der Waals surface area (Å²) < 4.78 is 1.97. The molecule has 5 heteroatoms. The number of anilines is 2. The van der Waals surface area contributed by atoms with Crippen molar-refractivity contribution in [2.24, 2.45) is 5.73 Å². The van der Waals surface area contributed by atoms with Crippen molar-refractivity contribution in [1.29, 1.82) is 0 Å². The maximum atomic E-state index is 5.82. The van der Waals surface area contributed by atoms with Crippen molar-refractivity contribution in [2.45, 2.75) is 13.3 Å². The Labute approximate surface area is 141 Å². The van der Waals surface area contributed by atoms with Crippen molar-refractivity contribution in [3.63, 3.8) is 0 Å². The molecule has 2 nitrogen and oxygen atoms in total. The highest BCUT2D eigenvalue weighted by molar-refractivity contribution is 9.10. The zero-order valence-electron chi connectivity index (χ0n) is 10.9. The molecule has 3 N–H and O–H groups in total. The summed E-state index contributed by atoms with van der Waals surface area (Å²) >= 11 is 12.1. The number of nitrogens with two attached hydrogens (primary N) is 1. The lowest BCUT2D eigenvalue weighted by Crippen LogP contribution is -2.13. The van der Waals surface area contributed by atoms with Gasteiger partial charge in [-0.25, -0.2) is 0 Å². The number of benzene rings is 2. The van der Waals surface area contributed by atoms with Crippen LogP contribution in [0.25, 0.3) is 0 Å². The van der Waals surface area contributed by atoms with E-state index in [0.29, 0.717) is 4.99 Å². The topological polar surface area (TPSA) is 38.0 Å². The fraction of sp³-hybridized carbons (Fsp3) is 0.133. The molecule has 2 aromatic rings. The molecule has 0 heterocycles. The highest BCUT2D eigenvalue weighted by Gasteiger charge is 2.11.